The molecule has 1 amide bonds. The summed E-state index contributed by atoms with van der Waals surface area (Å²) in [5.74, 6) is 0. The Bertz CT molecular complexity index is 177. The molecular weight excluding hydrogens is 240 g/mol. The summed E-state index contributed by atoms with van der Waals surface area (Å²) in [4.78, 5) is 10.6. The summed E-state index contributed by atoms with van der Waals surface area (Å²) < 4.78 is 2.87. The predicted molar refractivity (Wildman–Crippen MR) is 51.6 cm³/mol. The van der Waals surface area contributed by atoms with E-state index in [4.69, 9.17) is 39.9 Å². The van der Waals surface area contributed by atoms with E-state index in [9.17, 15) is 4.79 Å². The Morgan fingerprint density at radius 3 is 2.62 bits per heavy atom. The Kier molecular flexibility index (Phi) is 5.80. The number of carbonyl (C=O) groups is 1. The standard InChI is InChI=1S/C6H10Cl3NO3/c1-13-5(12)10-3-6(8,9)4(7)2-11/h4,11H,2-3H2,1H3,(H,10,12). The van der Waals surface area contributed by atoms with Crippen LogP contribution in [-0.2, 0) is 4.74 Å². The molecule has 0 aromatic carbocycles. The van der Waals surface area contributed by atoms with Gasteiger partial charge in [0.2, 0.25) is 0 Å². The Morgan fingerprint density at radius 2 is 2.23 bits per heavy atom. The van der Waals surface area contributed by atoms with Gasteiger partial charge in [-0.1, -0.05) is 23.2 Å². The molecule has 0 aliphatic carbocycles. The van der Waals surface area contributed by atoms with Crippen LogP contribution >= 0.6 is 34.8 Å². The first-order chi connectivity index (χ1) is 5.94. The summed E-state index contributed by atoms with van der Waals surface area (Å²) in [6.07, 6.45) is -0.660. The number of nitrogens with one attached hydrogen (secondary N) is 1. The highest BCUT2D eigenvalue weighted by molar-refractivity contribution is 6.52. The molecule has 0 bridgehead atoms. The summed E-state index contributed by atoms with van der Waals surface area (Å²) in [7, 11) is 1.21. The number of halogens is 3. The van der Waals surface area contributed by atoms with E-state index in [1.54, 1.807) is 0 Å². The number of carbonyl (C=O) groups excluding carboxylic acids is 1. The number of amides is 1. The summed E-state index contributed by atoms with van der Waals surface area (Å²) in [5.41, 5.74) is 0. The Morgan fingerprint density at radius 1 is 1.69 bits per heavy atom. The van der Waals surface area contributed by atoms with Crippen molar-refractivity contribution in [2.75, 3.05) is 20.3 Å². The Hall–Kier alpha value is 0.1000. The van der Waals surface area contributed by atoms with Gasteiger partial charge in [-0.3, -0.25) is 0 Å². The molecule has 0 aliphatic heterocycles. The van der Waals surface area contributed by atoms with Gasteiger partial charge in [0.05, 0.1) is 25.6 Å². The van der Waals surface area contributed by atoms with Crippen molar-refractivity contribution in [2.45, 2.75) is 9.71 Å². The lowest BCUT2D eigenvalue weighted by molar-refractivity contribution is 0.170. The second-order valence-corrected chi connectivity index (χ2v) is 4.33. The van der Waals surface area contributed by atoms with E-state index in [-0.39, 0.29) is 13.2 Å². The van der Waals surface area contributed by atoms with Crippen LogP contribution in [0.2, 0.25) is 0 Å². The van der Waals surface area contributed by atoms with Crippen molar-refractivity contribution in [3.05, 3.63) is 0 Å². The van der Waals surface area contributed by atoms with Gasteiger partial charge in [0.15, 0.2) is 4.33 Å². The van der Waals surface area contributed by atoms with E-state index in [2.05, 4.69) is 10.1 Å². The number of aliphatic hydroxyl groups is 1. The maximum Gasteiger partial charge on any atom is 0.406 e. The quantitative estimate of drug-likeness (QED) is 0.735. The van der Waals surface area contributed by atoms with Crippen molar-refractivity contribution in [1.82, 2.24) is 5.32 Å². The fraction of sp³-hybridized carbons (Fsp3) is 0.833. The first-order valence-corrected chi connectivity index (χ1v) is 4.58. The van der Waals surface area contributed by atoms with E-state index < -0.39 is 15.8 Å². The zero-order valence-corrected chi connectivity index (χ0v) is 9.16. The molecule has 0 rings (SSSR count). The highest BCUT2D eigenvalue weighted by Gasteiger charge is 2.33. The van der Waals surface area contributed by atoms with Gasteiger partial charge in [0.25, 0.3) is 0 Å². The molecule has 13 heavy (non-hydrogen) atoms. The van der Waals surface area contributed by atoms with Gasteiger partial charge in [0, 0.05) is 0 Å². The van der Waals surface area contributed by atoms with Crippen molar-refractivity contribution in [3.63, 3.8) is 0 Å². The summed E-state index contributed by atoms with van der Waals surface area (Å²) in [5, 5.41) is 10.1. The fourth-order valence-electron chi connectivity index (χ4n) is 0.506. The predicted octanol–water partition coefficient (Wildman–Crippen LogP) is 1.12. The van der Waals surface area contributed by atoms with Crippen LogP contribution in [0.4, 0.5) is 4.79 Å². The monoisotopic (exact) mass is 249 g/mol. The lowest BCUT2D eigenvalue weighted by Gasteiger charge is -2.23. The highest BCUT2D eigenvalue weighted by Crippen LogP contribution is 2.28. The summed E-state index contributed by atoms with van der Waals surface area (Å²) in [6.45, 7) is -0.477. The largest absolute Gasteiger partial charge is 0.453 e. The number of ether oxygens (including phenoxy) is 1. The molecule has 78 valence electrons. The van der Waals surface area contributed by atoms with Gasteiger partial charge in [-0.2, -0.15) is 0 Å². The van der Waals surface area contributed by atoms with Crippen molar-refractivity contribution in [1.29, 1.82) is 0 Å². The van der Waals surface area contributed by atoms with E-state index in [1.165, 1.54) is 7.11 Å². The lowest BCUT2D eigenvalue weighted by atomic mass is 10.3. The topological polar surface area (TPSA) is 58.6 Å². The first kappa shape index (κ1) is 13.1. The van der Waals surface area contributed by atoms with Crippen LogP contribution in [0.1, 0.15) is 0 Å². The number of aliphatic hydroxyl groups excluding tert-OH is 1. The number of hydrogen-bond acceptors (Lipinski definition) is 3. The number of alkyl halides is 3. The zero-order valence-electron chi connectivity index (χ0n) is 6.89. The third kappa shape index (κ3) is 4.76. The van der Waals surface area contributed by atoms with Gasteiger partial charge >= 0.3 is 6.09 Å². The van der Waals surface area contributed by atoms with Gasteiger partial charge in [-0.25, -0.2) is 4.79 Å². The zero-order chi connectivity index (χ0) is 10.5. The second kappa shape index (κ2) is 5.75. The molecule has 0 spiro atoms. The minimum Gasteiger partial charge on any atom is -0.453 e. The third-order valence-corrected chi connectivity index (χ3v) is 2.80. The van der Waals surface area contributed by atoms with Gasteiger partial charge in [0.1, 0.15) is 0 Å². The van der Waals surface area contributed by atoms with Crippen molar-refractivity contribution in [3.8, 4) is 0 Å². The number of rotatable bonds is 4. The van der Waals surface area contributed by atoms with E-state index in [0.29, 0.717) is 0 Å². The molecule has 0 heterocycles. The molecule has 1 unspecified atom stereocenters. The molecule has 4 nitrogen and oxygen atoms in total. The average Bonchev–Trinajstić information content (AvgIpc) is 2.12. The van der Waals surface area contributed by atoms with Gasteiger partial charge < -0.3 is 15.2 Å². The maximum absolute atomic E-state index is 10.6. The molecule has 0 saturated carbocycles. The second-order valence-electron chi connectivity index (χ2n) is 2.26. The smallest absolute Gasteiger partial charge is 0.406 e. The molecule has 0 aliphatic rings. The molecule has 1 atom stereocenters. The van der Waals surface area contributed by atoms with E-state index >= 15 is 0 Å². The van der Waals surface area contributed by atoms with Gasteiger partial charge in [-0.15, -0.1) is 11.6 Å². The molecule has 0 saturated heterocycles. The lowest BCUT2D eigenvalue weighted by Crippen LogP contribution is -2.42. The van der Waals surface area contributed by atoms with E-state index in [0.717, 1.165) is 0 Å². The number of alkyl carbamates (subject to hydrolysis) is 1. The molecule has 0 fully saturated rings. The highest BCUT2D eigenvalue weighted by atomic mass is 35.5. The van der Waals surface area contributed by atoms with Crippen LogP contribution in [0.25, 0.3) is 0 Å². The Labute approximate surface area is 91.1 Å². The van der Waals surface area contributed by atoms with Crippen LogP contribution in [0, 0.1) is 0 Å². The van der Waals surface area contributed by atoms with Crippen LogP contribution in [-0.4, -0.2) is 41.2 Å². The summed E-state index contributed by atoms with van der Waals surface area (Å²) in [6, 6.07) is 0. The average molecular weight is 251 g/mol. The summed E-state index contributed by atoms with van der Waals surface area (Å²) >= 11 is 17.0. The van der Waals surface area contributed by atoms with Crippen LogP contribution < -0.4 is 5.32 Å². The molecule has 2 N–H and O–H groups in total. The molecule has 0 aromatic heterocycles. The van der Waals surface area contributed by atoms with Crippen molar-refractivity contribution < 1.29 is 14.6 Å². The normalized spacial score (nSPS) is 13.6. The van der Waals surface area contributed by atoms with Crippen LogP contribution in [0.5, 0.6) is 0 Å². The van der Waals surface area contributed by atoms with E-state index in [1.807, 2.05) is 0 Å². The van der Waals surface area contributed by atoms with Crippen LogP contribution in [0.15, 0.2) is 0 Å². The van der Waals surface area contributed by atoms with Crippen LogP contribution in [0.3, 0.4) is 0 Å². The molecule has 0 radical (unpaired) electrons. The molecule has 7 heteroatoms. The fourth-order valence-corrected chi connectivity index (χ4v) is 0.855. The number of hydrogen-bond donors (Lipinski definition) is 2. The van der Waals surface area contributed by atoms with Crippen molar-refractivity contribution in [2.24, 2.45) is 0 Å². The van der Waals surface area contributed by atoms with Gasteiger partial charge in [-0.05, 0) is 0 Å². The minimum absolute atomic E-state index is 0.0997. The maximum atomic E-state index is 10.6. The molecule has 0 aromatic rings. The van der Waals surface area contributed by atoms with Crippen molar-refractivity contribution >= 4 is 40.9 Å². The molecular formula is C6H10Cl3NO3. The third-order valence-electron chi connectivity index (χ3n) is 1.27. The SMILES string of the molecule is COC(=O)NCC(Cl)(Cl)C(Cl)CO. The number of methoxy groups -OCH3 is 1. The minimum atomic E-state index is -1.41. The Balaban J connectivity index is 3.95. The first-order valence-electron chi connectivity index (χ1n) is 3.38.